The van der Waals surface area contributed by atoms with Gasteiger partial charge in [0.15, 0.2) is 5.90 Å². The number of aromatic nitrogens is 3. The third kappa shape index (κ3) is 4.55. The molecule has 32 heavy (non-hydrogen) atoms. The fourth-order valence-electron chi connectivity index (χ4n) is 3.61. The number of nitrogens with one attached hydrogen (secondary N) is 1. The highest BCUT2D eigenvalue weighted by molar-refractivity contribution is 7.09. The molecule has 0 amide bonds. The quantitative estimate of drug-likeness (QED) is 0.427. The average molecular weight is 446 g/mol. The van der Waals surface area contributed by atoms with Crippen molar-refractivity contribution >= 4 is 39.6 Å². The van der Waals surface area contributed by atoms with Crippen LogP contribution in [-0.4, -0.2) is 33.5 Å². The van der Waals surface area contributed by atoms with Gasteiger partial charge in [0.05, 0.1) is 12.1 Å². The molecule has 7 nitrogen and oxygen atoms in total. The molecule has 5 rings (SSSR count). The first-order valence-electron chi connectivity index (χ1n) is 10.5. The zero-order valence-corrected chi connectivity index (χ0v) is 18.7. The maximum absolute atomic E-state index is 5.91. The summed E-state index contributed by atoms with van der Waals surface area (Å²) < 4.78 is 11.7. The van der Waals surface area contributed by atoms with Crippen LogP contribution in [0.2, 0.25) is 0 Å². The van der Waals surface area contributed by atoms with Gasteiger partial charge in [0.25, 0.3) is 0 Å². The van der Waals surface area contributed by atoms with Gasteiger partial charge in [-0.2, -0.15) is 0 Å². The minimum absolute atomic E-state index is 0.155. The summed E-state index contributed by atoms with van der Waals surface area (Å²) in [6.07, 6.45) is 4.19. The summed E-state index contributed by atoms with van der Waals surface area (Å²) in [5.74, 6) is 2.38. The molecule has 162 valence electrons. The topological polar surface area (TPSA) is 81.5 Å². The molecule has 1 atom stereocenters. The zero-order chi connectivity index (χ0) is 21.9. The van der Waals surface area contributed by atoms with Crippen LogP contribution in [0.3, 0.4) is 0 Å². The maximum Gasteiger partial charge on any atom is 0.188 e. The first-order chi connectivity index (χ1) is 15.6. The molecule has 0 saturated carbocycles. The molecule has 0 radical (unpaired) electrons. The highest BCUT2D eigenvalue weighted by Gasteiger charge is 2.16. The van der Waals surface area contributed by atoms with Gasteiger partial charge in [-0.1, -0.05) is 6.07 Å². The first-order valence-corrected chi connectivity index (χ1v) is 11.3. The predicted octanol–water partition coefficient (Wildman–Crippen LogP) is 5.08. The first kappa shape index (κ1) is 20.4. The van der Waals surface area contributed by atoms with Crippen molar-refractivity contribution in [1.29, 1.82) is 0 Å². The summed E-state index contributed by atoms with van der Waals surface area (Å²) in [4.78, 5) is 17.6. The Hall–Kier alpha value is -3.52. The molecule has 8 heteroatoms. The molecule has 1 aliphatic heterocycles. The molecule has 0 aliphatic carbocycles. The molecule has 1 unspecified atom stereocenters. The monoisotopic (exact) mass is 445 g/mol. The number of rotatable bonds is 7. The highest BCUT2D eigenvalue weighted by atomic mass is 32.1. The van der Waals surface area contributed by atoms with Crippen LogP contribution in [0.5, 0.6) is 5.75 Å². The van der Waals surface area contributed by atoms with Gasteiger partial charge in [-0.15, -0.1) is 11.3 Å². The molecule has 3 heterocycles. The Balaban J connectivity index is 1.35. The Morgan fingerprint density at radius 3 is 2.88 bits per heavy atom. The number of benzene rings is 2. The molecule has 0 saturated heterocycles. The lowest BCUT2D eigenvalue weighted by atomic mass is 10.1. The lowest BCUT2D eigenvalue weighted by molar-refractivity contribution is 0.241. The third-order valence-electron chi connectivity index (χ3n) is 5.19. The van der Waals surface area contributed by atoms with E-state index in [-0.39, 0.29) is 6.10 Å². The van der Waals surface area contributed by atoms with E-state index < -0.39 is 0 Å². The fraction of sp³-hybridized carbons (Fsp3) is 0.250. The Labute approximate surface area is 190 Å². The van der Waals surface area contributed by atoms with Gasteiger partial charge in [-0.3, -0.25) is 4.99 Å². The number of aryl methyl sites for hydroxylation is 1. The minimum atomic E-state index is 0.155. The van der Waals surface area contributed by atoms with Gasteiger partial charge in [0.2, 0.25) is 0 Å². The van der Waals surface area contributed by atoms with Crippen molar-refractivity contribution in [2.24, 2.45) is 4.99 Å². The number of nitrogens with zero attached hydrogens (tertiary/aromatic N) is 4. The number of hydrogen-bond acceptors (Lipinski definition) is 8. The number of hydrogen-bond donors (Lipinski definition) is 1. The Morgan fingerprint density at radius 1 is 1.16 bits per heavy atom. The SMILES string of the molecule is Cc1cc(Nc2ncnc3ccc(CC4=NCC(C)O4)cc23)ccc1OCc1nccs1. The van der Waals surface area contributed by atoms with E-state index >= 15 is 0 Å². The smallest absolute Gasteiger partial charge is 0.188 e. The van der Waals surface area contributed by atoms with E-state index in [2.05, 4.69) is 43.5 Å². The predicted molar refractivity (Wildman–Crippen MR) is 127 cm³/mol. The summed E-state index contributed by atoms with van der Waals surface area (Å²) in [6, 6.07) is 12.2. The van der Waals surface area contributed by atoms with Gasteiger partial charge in [-0.05, 0) is 55.3 Å². The van der Waals surface area contributed by atoms with Gasteiger partial charge in [-0.25, -0.2) is 15.0 Å². The van der Waals surface area contributed by atoms with Crippen molar-refractivity contribution in [3.8, 4) is 5.75 Å². The van der Waals surface area contributed by atoms with Crippen molar-refractivity contribution in [3.05, 3.63) is 70.4 Å². The van der Waals surface area contributed by atoms with Crippen LogP contribution in [-0.2, 0) is 17.8 Å². The number of anilines is 2. The summed E-state index contributed by atoms with van der Waals surface area (Å²) in [6.45, 7) is 5.26. The van der Waals surface area contributed by atoms with E-state index in [1.165, 1.54) is 0 Å². The normalized spacial score (nSPS) is 15.4. The number of fused-ring (bicyclic) bond motifs is 1. The van der Waals surface area contributed by atoms with Crippen molar-refractivity contribution in [1.82, 2.24) is 15.0 Å². The van der Waals surface area contributed by atoms with E-state index in [0.717, 1.165) is 56.7 Å². The Bertz CT molecular complexity index is 1270. The van der Waals surface area contributed by atoms with Crippen molar-refractivity contribution in [2.45, 2.75) is 33.0 Å². The van der Waals surface area contributed by atoms with Crippen molar-refractivity contribution < 1.29 is 9.47 Å². The summed E-state index contributed by atoms with van der Waals surface area (Å²) in [5, 5.41) is 7.30. The third-order valence-corrected chi connectivity index (χ3v) is 5.94. The van der Waals surface area contributed by atoms with Crippen LogP contribution in [0.15, 0.2) is 59.3 Å². The second-order valence-electron chi connectivity index (χ2n) is 7.73. The van der Waals surface area contributed by atoms with Crippen LogP contribution in [0.4, 0.5) is 11.5 Å². The second-order valence-corrected chi connectivity index (χ2v) is 8.71. The second kappa shape index (κ2) is 8.92. The van der Waals surface area contributed by atoms with Crippen LogP contribution in [0.1, 0.15) is 23.1 Å². The molecule has 2 aromatic carbocycles. The Kier molecular flexibility index (Phi) is 5.68. The standard InChI is InChI=1S/C24H23N5O2S/c1-15-9-18(4-6-21(15)30-13-23-25-7-8-32-23)29-24-19-10-17(3-5-20(19)27-14-28-24)11-22-26-12-16(2)31-22/h3-10,14,16H,11-13H2,1-2H3,(H,27,28,29). The van der Waals surface area contributed by atoms with Crippen molar-refractivity contribution in [2.75, 3.05) is 11.9 Å². The summed E-state index contributed by atoms with van der Waals surface area (Å²) in [5.41, 5.74) is 3.97. The van der Waals surface area contributed by atoms with Crippen LogP contribution in [0.25, 0.3) is 10.9 Å². The molecule has 1 N–H and O–H groups in total. The lowest BCUT2D eigenvalue weighted by Crippen LogP contribution is -2.09. The van der Waals surface area contributed by atoms with E-state index in [1.54, 1.807) is 23.9 Å². The zero-order valence-electron chi connectivity index (χ0n) is 17.9. The van der Waals surface area contributed by atoms with Gasteiger partial charge in [0.1, 0.15) is 35.6 Å². The van der Waals surface area contributed by atoms with Crippen molar-refractivity contribution in [3.63, 3.8) is 0 Å². The van der Waals surface area contributed by atoms with Crippen LogP contribution in [0, 0.1) is 6.92 Å². The summed E-state index contributed by atoms with van der Waals surface area (Å²) >= 11 is 1.59. The van der Waals surface area contributed by atoms with Gasteiger partial charge in [0, 0.05) is 29.1 Å². The summed E-state index contributed by atoms with van der Waals surface area (Å²) in [7, 11) is 0. The molecule has 0 bridgehead atoms. The van der Waals surface area contributed by atoms with Crippen LogP contribution < -0.4 is 10.1 Å². The molecular formula is C24H23N5O2S. The lowest BCUT2D eigenvalue weighted by Gasteiger charge is -2.13. The van der Waals surface area contributed by atoms with E-state index in [0.29, 0.717) is 13.0 Å². The van der Waals surface area contributed by atoms with E-state index in [1.807, 2.05) is 37.4 Å². The largest absolute Gasteiger partial charge is 0.486 e. The molecule has 4 aromatic rings. The number of aliphatic imine (C=N–C) groups is 1. The van der Waals surface area contributed by atoms with Crippen LogP contribution >= 0.6 is 11.3 Å². The number of ether oxygens (including phenoxy) is 2. The highest BCUT2D eigenvalue weighted by Crippen LogP contribution is 2.28. The Morgan fingerprint density at radius 2 is 2.09 bits per heavy atom. The fourth-order valence-corrected chi connectivity index (χ4v) is 4.14. The van der Waals surface area contributed by atoms with E-state index in [9.17, 15) is 0 Å². The molecule has 2 aromatic heterocycles. The molecule has 0 spiro atoms. The molecular weight excluding hydrogens is 422 g/mol. The van der Waals surface area contributed by atoms with E-state index in [4.69, 9.17) is 9.47 Å². The minimum Gasteiger partial charge on any atom is -0.486 e. The van der Waals surface area contributed by atoms with Gasteiger partial charge >= 0.3 is 0 Å². The average Bonchev–Trinajstić information content (AvgIpc) is 3.45. The molecule has 0 fully saturated rings. The van der Waals surface area contributed by atoms with Gasteiger partial charge < -0.3 is 14.8 Å². The number of thiazole rings is 1. The maximum atomic E-state index is 5.91. The molecule has 1 aliphatic rings.